The lowest BCUT2D eigenvalue weighted by Crippen LogP contribution is -2.35. The molecule has 0 radical (unpaired) electrons. The minimum Gasteiger partial charge on any atom is -0.378 e. The Kier molecular flexibility index (Phi) is 16.5. The molecule has 0 aliphatic heterocycles. The van der Waals surface area contributed by atoms with Gasteiger partial charge >= 0.3 is 10.4 Å². The van der Waals surface area contributed by atoms with Crippen LogP contribution in [0.4, 0.5) is 0 Å². The van der Waals surface area contributed by atoms with E-state index < -0.39 is 16.0 Å². The van der Waals surface area contributed by atoms with Crippen LogP contribution in [0.5, 0.6) is 0 Å². The molecule has 0 bridgehead atoms. The first-order chi connectivity index (χ1) is 13.3. The molecule has 1 unspecified atom stereocenters. The van der Waals surface area contributed by atoms with Crippen LogP contribution in [0.1, 0.15) is 124 Å². The molecule has 0 aromatic rings. The molecule has 28 heavy (non-hydrogen) atoms. The topological polar surface area (TPSA) is 72.8 Å². The third-order valence-electron chi connectivity index (χ3n) is 5.82. The number of hydrogen-bond acceptors (Lipinski definition) is 4. The third kappa shape index (κ3) is 14.8. The fraction of sp³-hybridized carbons (Fsp3) is 1.00. The van der Waals surface area contributed by atoms with Gasteiger partial charge in [-0.1, -0.05) is 91.9 Å². The Labute approximate surface area is 174 Å². The maximum absolute atomic E-state index is 11.1. The Morgan fingerprint density at radius 1 is 0.821 bits per heavy atom. The molecule has 0 aromatic carbocycles. The average Bonchev–Trinajstić information content (AvgIpc) is 2.66. The second kappa shape index (κ2) is 16.6. The van der Waals surface area contributed by atoms with Gasteiger partial charge < -0.3 is 4.74 Å². The normalized spacial score (nSPS) is 13.8. The Hall–Kier alpha value is -0.170. The molecule has 0 aliphatic rings. The van der Waals surface area contributed by atoms with Gasteiger partial charge in [-0.15, -0.1) is 0 Å². The van der Waals surface area contributed by atoms with E-state index in [0.29, 0.717) is 25.9 Å². The van der Waals surface area contributed by atoms with Crippen LogP contribution < -0.4 is 0 Å². The highest BCUT2D eigenvalue weighted by atomic mass is 32.3. The van der Waals surface area contributed by atoms with Crippen LogP contribution in [0.25, 0.3) is 0 Å². The molecule has 0 aromatic heterocycles. The second-order valence-corrected chi connectivity index (χ2v) is 9.05. The summed E-state index contributed by atoms with van der Waals surface area (Å²) in [4.78, 5) is 0. The minimum atomic E-state index is -4.45. The van der Waals surface area contributed by atoms with E-state index in [-0.39, 0.29) is 6.10 Å². The molecular weight excluding hydrogens is 376 g/mol. The van der Waals surface area contributed by atoms with Gasteiger partial charge in [0.05, 0.1) is 11.7 Å². The Balaban J connectivity index is 3.93. The summed E-state index contributed by atoms with van der Waals surface area (Å²) in [6, 6.07) is 0. The summed E-state index contributed by atoms with van der Waals surface area (Å²) in [5, 5.41) is 0. The molecule has 0 spiro atoms. The maximum Gasteiger partial charge on any atom is 0.397 e. The average molecular weight is 423 g/mol. The second-order valence-electron chi connectivity index (χ2n) is 8.02. The molecule has 0 amide bonds. The summed E-state index contributed by atoms with van der Waals surface area (Å²) in [7, 11) is -4.45. The molecule has 1 N–H and O–H groups in total. The molecule has 0 rings (SSSR count). The van der Waals surface area contributed by atoms with Crippen LogP contribution in [0.2, 0.25) is 0 Å². The highest BCUT2D eigenvalue weighted by molar-refractivity contribution is 7.80. The van der Waals surface area contributed by atoms with Crippen LogP contribution in [0, 0.1) is 0 Å². The summed E-state index contributed by atoms with van der Waals surface area (Å²) in [6.07, 6.45) is 17.0. The van der Waals surface area contributed by atoms with Gasteiger partial charge in [0.2, 0.25) is 0 Å². The number of rotatable bonds is 20. The lowest BCUT2D eigenvalue weighted by molar-refractivity contribution is -0.0157. The highest BCUT2D eigenvalue weighted by Crippen LogP contribution is 2.27. The Morgan fingerprint density at radius 3 is 1.75 bits per heavy atom. The van der Waals surface area contributed by atoms with Crippen molar-refractivity contribution in [1.29, 1.82) is 0 Å². The summed E-state index contributed by atoms with van der Waals surface area (Å²) in [5.74, 6) is 0. The van der Waals surface area contributed by atoms with Crippen molar-refractivity contribution in [2.75, 3.05) is 6.61 Å². The zero-order chi connectivity index (χ0) is 21.3. The molecule has 1 atom stereocenters. The van der Waals surface area contributed by atoms with Crippen LogP contribution in [-0.4, -0.2) is 31.3 Å². The van der Waals surface area contributed by atoms with Crippen molar-refractivity contribution in [2.24, 2.45) is 0 Å². The lowest BCUT2D eigenvalue weighted by atomic mass is 9.94. The van der Waals surface area contributed by atoms with E-state index in [1.165, 1.54) is 64.2 Å². The summed E-state index contributed by atoms with van der Waals surface area (Å²) >= 11 is 0. The zero-order valence-corrected chi connectivity index (χ0v) is 19.7. The quantitative estimate of drug-likeness (QED) is 0.171. The van der Waals surface area contributed by atoms with E-state index in [2.05, 4.69) is 13.8 Å². The highest BCUT2D eigenvalue weighted by Gasteiger charge is 2.32. The van der Waals surface area contributed by atoms with Gasteiger partial charge in [-0.25, -0.2) is 4.18 Å². The van der Waals surface area contributed by atoms with Crippen LogP contribution in [-0.2, 0) is 19.3 Å². The van der Waals surface area contributed by atoms with Crippen LogP contribution in [0.15, 0.2) is 0 Å². The molecule has 5 nitrogen and oxygen atoms in total. The Morgan fingerprint density at radius 2 is 1.32 bits per heavy atom. The first-order valence-corrected chi connectivity index (χ1v) is 13.0. The zero-order valence-electron chi connectivity index (χ0n) is 18.9. The van der Waals surface area contributed by atoms with Gasteiger partial charge in [0.15, 0.2) is 0 Å². The lowest BCUT2D eigenvalue weighted by Gasteiger charge is -2.30. The fourth-order valence-electron chi connectivity index (χ4n) is 3.66. The minimum absolute atomic E-state index is 0.214. The summed E-state index contributed by atoms with van der Waals surface area (Å²) < 4.78 is 42.2. The van der Waals surface area contributed by atoms with Crippen molar-refractivity contribution in [1.82, 2.24) is 0 Å². The van der Waals surface area contributed by atoms with E-state index in [1.54, 1.807) is 0 Å². The van der Waals surface area contributed by atoms with E-state index >= 15 is 0 Å². The van der Waals surface area contributed by atoms with Gasteiger partial charge in [0, 0.05) is 13.0 Å². The maximum atomic E-state index is 11.1. The molecule has 0 saturated heterocycles. The van der Waals surface area contributed by atoms with Gasteiger partial charge in [-0.05, 0) is 25.7 Å². The van der Waals surface area contributed by atoms with Crippen molar-refractivity contribution < 1.29 is 21.9 Å². The molecule has 6 heteroatoms. The molecule has 0 fully saturated rings. The first-order valence-electron chi connectivity index (χ1n) is 11.6. The van der Waals surface area contributed by atoms with Gasteiger partial charge in [-0.3, -0.25) is 4.55 Å². The molecule has 0 heterocycles. The molecule has 0 aliphatic carbocycles. The summed E-state index contributed by atoms with van der Waals surface area (Å²) in [6.45, 7) is 8.58. The van der Waals surface area contributed by atoms with Crippen LogP contribution >= 0.6 is 0 Å². The van der Waals surface area contributed by atoms with Crippen molar-refractivity contribution in [3.05, 3.63) is 0 Å². The first kappa shape index (κ1) is 27.8. The molecule has 0 saturated carbocycles. The van der Waals surface area contributed by atoms with Crippen molar-refractivity contribution >= 4 is 10.4 Å². The van der Waals surface area contributed by atoms with Crippen LogP contribution in [0.3, 0.4) is 0 Å². The third-order valence-corrected chi connectivity index (χ3v) is 6.38. The monoisotopic (exact) mass is 422 g/mol. The SMILES string of the molecule is CCCCCCCCCCCCC(CC)OCCC(CC)(CC)OS(=O)(=O)O. The number of unbranched alkanes of at least 4 members (excludes halogenated alkanes) is 9. The van der Waals surface area contributed by atoms with Crippen molar-refractivity contribution in [3.63, 3.8) is 0 Å². The van der Waals surface area contributed by atoms with E-state index in [0.717, 1.165) is 12.8 Å². The van der Waals surface area contributed by atoms with Crippen molar-refractivity contribution in [2.45, 2.75) is 136 Å². The largest absolute Gasteiger partial charge is 0.397 e. The van der Waals surface area contributed by atoms with E-state index in [9.17, 15) is 8.42 Å². The fourth-order valence-corrected chi connectivity index (χ4v) is 4.43. The number of ether oxygens (including phenoxy) is 1. The van der Waals surface area contributed by atoms with Crippen molar-refractivity contribution in [3.8, 4) is 0 Å². The standard InChI is InChI=1S/C22H46O5S/c1-5-9-10-11-12-13-14-15-16-17-18-21(6-2)26-20-19-22(7-3,8-4)27-28(23,24)25/h21H,5-20H2,1-4H3,(H,23,24,25). The Bertz CT molecular complexity index is 446. The van der Waals surface area contributed by atoms with E-state index in [1.807, 2.05) is 13.8 Å². The van der Waals surface area contributed by atoms with Gasteiger partial charge in [0.1, 0.15) is 0 Å². The predicted molar refractivity (Wildman–Crippen MR) is 117 cm³/mol. The smallest absolute Gasteiger partial charge is 0.378 e. The summed E-state index contributed by atoms with van der Waals surface area (Å²) in [5.41, 5.74) is -0.872. The molecular formula is C22H46O5S. The number of hydrogen-bond donors (Lipinski definition) is 1. The van der Waals surface area contributed by atoms with E-state index in [4.69, 9.17) is 13.5 Å². The van der Waals surface area contributed by atoms with Gasteiger partial charge in [-0.2, -0.15) is 8.42 Å². The predicted octanol–water partition coefficient (Wildman–Crippen LogP) is 6.86. The molecule has 170 valence electrons. The van der Waals surface area contributed by atoms with Gasteiger partial charge in [0.25, 0.3) is 0 Å².